The minimum absolute atomic E-state index is 0.149. The predicted molar refractivity (Wildman–Crippen MR) is 55.4 cm³/mol. The van der Waals surface area contributed by atoms with Crippen molar-refractivity contribution in [2.24, 2.45) is 5.73 Å². The van der Waals surface area contributed by atoms with Crippen LogP contribution in [0.5, 0.6) is 0 Å². The molecule has 0 aliphatic heterocycles. The lowest BCUT2D eigenvalue weighted by Gasteiger charge is -2.04. The van der Waals surface area contributed by atoms with Gasteiger partial charge in [-0.05, 0) is 42.6 Å². The van der Waals surface area contributed by atoms with E-state index in [4.69, 9.17) is 17.3 Å². The fourth-order valence-corrected chi connectivity index (χ4v) is 1.56. The third-order valence-corrected chi connectivity index (χ3v) is 2.09. The molecule has 2 aromatic heterocycles. The maximum absolute atomic E-state index is 5.70. The maximum atomic E-state index is 5.70. The van der Waals surface area contributed by atoms with Crippen LogP contribution in [0.25, 0.3) is 5.65 Å². The van der Waals surface area contributed by atoms with Gasteiger partial charge in [0, 0.05) is 12.2 Å². The highest BCUT2D eigenvalue weighted by Gasteiger charge is 2.03. The van der Waals surface area contributed by atoms with Gasteiger partial charge >= 0.3 is 0 Å². The number of aromatic nitrogens is 3. The van der Waals surface area contributed by atoms with Crippen LogP contribution in [0.15, 0.2) is 18.3 Å². The number of pyridine rings is 1. The molecule has 2 aromatic rings. The molecule has 0 radical (unpaired) electrons. The number of fused-ring (bicyclic) bond motifs is 1. The Morgan fingerprint density at radius 3 is 3.14 bits per heavy atom. The third-order valence-electron chi connectivity index (χ3n) is 1.93. The Kier molecular flexibility index (Phi) is 2.39. The summed E-state index contributed by atoms with van der Waals surface area (Å²) in [7, 11) is 0. The standard InChI is InChI=1S/C9H11ClN4/c1-6(11)4-7-2-3-14-8(5-7)12-9(10)13-14/h2-3,5-6H,4,11H2,1H3. The molecule has 0 saturated carbocycles. The van der Waals surface area contributed by atoms with E-state index in [1.807, 2.05) is 25.3 Å². The van der Waals surface area contributed by atoms with Crippen LogP contribution >= 0.6 is 11.6 Å². The number of halogens is 1. The molecule has 2 heterocycles. The van der Waals surface area contributed by atoms with E-state index in [0.29, 0.717) is 0 Å². The second-order valence-electron chi connectivity index (χ2n) is 3.40. The molecule has 0 aliphatic rings. The summed E-state index contributed by atoms with van der Waals surface area (Å²) in [5, 5.41) is 4.24. The Labute approximate surface area is 86.7 Å². The Morgan fingerprint density at radius 1 is 1.64 bits per heavy atom. The van der Waals surface area contributed by atoms with Crippen LogP contribution in [0.1, 0.15) is 12.5 Å². The molecule has 0 bridgehead atoms. The summed E-state index contributed by atoms with van der Waals surface area (Å²) in [4.78, 5) is 4.06. The normalized spacial score (nSPS) is 13.4. The van der Waals surface area contributed by atoms with Crippen molar-refractivity contribution in [3.8, 4) is 0 Å². The lowest BCUT2D eigenvalue weighted by Crippen LogP contribution is -2.17. The lowest BCUT2D eigenvalue weighted by atomic mass is 10.1. The summed E-state index contributed by atoms with van der Waals surface area (Å²) >= 11 is 5.67. The first kappa shape index (κ1) is 9.43. The van der Waals surface area contributed by atoms with E-state index < -0.39 is 0 Å². The van der Waals surface area contributed by atoms with E-state index in [9.17, 15) is 0 Å². The number of nitrogens with two attached hydrogens (primary N) is 1. The van der Waals surface area contributed by atoms with Crippen molar-refractivity contribution in [1.82, 2.24) is 14.6 Å². The van der Waals surface area contributed by atoms with Gasteiger partial charge in [-0.1, -0.05) is 0 Å². The molecule has 0 fully saturated rings. The van der Waals surface area contributed by atoms with Gasteiger partial charge in [-0.15, -0.1) is 5.10 Å². The maximum Gasteiger partial charge on any atom is 0.243 e. The Morgan fingerprint density at radius 2 is 2.43 bits per heavy atom. The van der Waals surface area contributed by atoms with Gasteiger partial charge < -0.3 is 5.73 Å². The van der Waals surface area contributed by atoms with Crippen LogP contribution in [-0.4, -0.2) is 20.6 Å². The number of hydrogen-bond donors (Lipinski definition) is 1. The molecule has 0 aromatic carbocycles. The quantitative estimate of drug-likeness (QED) is 0.812. The minimum atomic E-state index is 0.149. The predicted octanol–water partition coefficient (Wildman–Crippen LogP) is 1.27. The number of nitrogens with zero attached hydrogens (tertiary/aromatic N) is 3. The Balaban J connectivity index is 2.40. The SMILES string of the molecule is CC(N)Cc1ccn2nc(Cl)nc2c1. The van der Waals surface area contributed by atoms with E-state index in [1.165, 1.54) is 0 Å². The van der Waals surface area contributed by atoms with Crippen molar-refractivity contribution >= 4 is 17.2 Å². The van der Waals surface area contributed by atoms with Crippen LogP contribution in [0, 0.1) is 0 Å². The molecule has 4 nitrogen and oxygen atoms in total. The monoisotopic (exact) mass is 210 g/mol. The van der Waals surface area contributed by atoms with Crippen molar-refractivity contribution in [3.05, 3.63) is 29.2 Å². The molecule has 0 amide bonds. The van der Waals surface area contributed by atoms with Crippen LogP contribution in [-0.2, 0) is 6.42 Å². The van der Waals surface area contributed by atoms with Crippen LogP contribution in [0.2, 0.25) is 5.28 Å². The molecular formula is C9H11ClN4. The van der Waals surface area contributed by atoms with Crippen LogP contribution in [0.4, 0.5) is 0 Å². The summed E-state index contributed by atoms with van der Waals surface area (Å²) in [5.41, 5.74) is 7.61. The second kappa shape index (κ2) is 3.55. The summed E-state index contributed by atoms with van der Waals surface area (Å²) in [6, 6.07) is 4.07. The first-order valence-corrected chi connectivity index (χ1v) is 4.79. The molecule has 0 aliphatic carbocycles. The average molecular weight is 211 g/mol. The van der Waals surface area contributed by atoms with Gasteiger partial charge in [0.2, 0.25) is 5.28 Å². The molecule has 5 heteroatoms. The van der Waals surface area contributed by atoms with E-state index >= 15 is 0 Å². The first-order valence-electron chi connectivity index (χ1n) is 4.41. The summed E-state index contributed by atoms with van der Waals surface area (Å²) < 4.78 is 1.65. The molecule has 74 valence electrons. The average Bonchev–Trinajstić information content (AvgIpc) is 2.42. The molecule has 2 N–H and O–H groups in total. The molecule has 2 rings (SSSR count). The van der Waals surface area contributed by atoms with Crippen molar-refractivity contribution in [3.63, 3.8) is 0 Å². The van der Waals surface area contributed by atoms with E-state index in [2.05, 4.69) is 10.1 Å². The molecule has 0 spiro atoms. The van der Waals surface area contributed by atoms with Gasteiger partial charge in [0.15, 0.2) is 5.65 Å². The molecule has 0 saturated heterocycles. The van der Waals surface area contributed by atoms with Gasteiger partial charge in [0.25, 0.3) is 0 Å². The summed E-state index contributed by atoms with van der Waals surface area (Å²) in [5.74, 6) is 0. The summed E-state index contributed by atoms with van der Waals surface area (Å²) in [6.45, 7) is 1.97. The third kappa shape index (κ3) is 1.86. The van der Waals surface area contributed by atoms with Gasteiger partial charge in [-0.25, -0.2) is 4.52 Å². The first-order chi connectivity index (χ1) is 6.65. The molecule has 1 atom stereocenters. The van der Waals surface area contributed by atoms with Gasteiger partial charge in [-0.2, -0.15) is 4.98 Å². The highest BCUT2D eigenvalue weighted by molar-refractivity contribution is 6.28. The highest BCUT2D eigenvalue weighted by atomic mass is 35.5. The fourth-order valence-electron chi connectivity index (χ4n) is 1.40. The van der Waals surface area contributed by atoms with E-state index in [1.54, 1.807) is 4.52 Å². The van der Waals surface area contributed by atoms with E-state index in [-0.39, 0.29) is 11.3 Å². The molecule has 1 unspecified atom stereocenters. The number of rotatable bonds is 2. The van der Waals surface area contributed by atoms with Gasteiger partial charge in [0.1, 0.15) is 0 Å². The smallest absolute Gasteiger partial charge is 0.243 e. The Bertz CT molecular complexity index is 449. The number of hydrogen-bond acceptors (Lipinski definition) is 3. The molecule has 14 heavy (non-hydrogen) atoms. The largest absolute Gasteiger partial charge is 0.328 e. The zero-order chi connectivity index (χ0) is 10.1. The topological polar surface area (TPSA) is 56.2 Å². The van der Waals surface area contributed by atoms with Gasteiger partial charge in [-0.3, -0.25) is 0 Å². The Hall–Kier alpha value is -1.13. The second-order valence-corrected chi connectivity index (χ2v) is 3.74. The van der Waals surface area contributed by atoms with Crippen LogP contribution in [0.3, 0.4) is 0 Å². The van der Waals surface area contributed by atoms with Crippen LogP contribution < -0.4 is 5.73 Å². The minimum Gasteiger partial charge on any atom is -0.328 e. The lowest BCUT2D eigenvalue weighted by molar-refractivity contribution is 0.736. The van der Waals surface area contributed by atoms with Crippen molar-refractivity contribution in [2.75, 3.05) is 0 Å². The van der Waals surface area contributed by atoms with Crippen molar-refractivity contribution < 1.29 is 0 Å². The van der Waals surface area contributed by atoms with Gasteiger partial charge in [0.05, 0.1) is 0 Å². The van der Waals surface area contributed by atoms with Crippen molar-refractivity contribution in [2.45, 2.75) is 19.4 Å². The van der Waals surface area contributed by atoms with Crippen molar-refractivity contribution in [1.29, 1.82) is 0 Å². The zero-order valence-corrected chi connectivity index (χ0v) is 8.57. The van der Waals surface area contributed by atoms with E-state index in [0.717, 1.165) is 17.6 Å². The molecular weight excluding hydrogens is 200 g/mol. The fraction of sp³-hybridized carbons (Fsp3) is 0.333. The summed E-state index contributed by atoms with van der Waals surface area (Å²) in [6.07, 6.45) is 2.67. The zero-order valence-electron chi connectivity index (χ0n) is 7.81. The highest BCUT2D eigenvalue weighted by Crippen LogP contribution is 2.09.